The Hall–Kier alpha value is -0.490. The standard InChI is InChI=1S/C15H24N2O2S/c1-3-18-9-12-6-14-15(7-12)19-5-4-17(14)8-13-10-20-11(2)16-13/h10,12,14-15H,3-9H2,1-2H3/t12?,14-,15-/m1/s1. The van der Waals surface area contributed by atoms with Crippen molar-refractivity contribution < 1.29 is 9.47 Å². The first kappa shape index (κ1) is 14.4. The van der Waals surface area contributed by atoms with Crippen LogP contribution in [0.4, 0.5) is 0 Å². The molecule has 0 amide bonds. The van der Waals surface area contributed by atoms with Crippen molar-refractivity contribution in [3.05, 3.63) is 16.1 Å². The Kier molecular flexibility index (Phi) is 4.71. The molecule has 3 rings (SSSR count). The zero-order valence-electron chi connectivity index (χ0n) is 12.4. The van der Waals surface area contributed by atoms with E-state index in [0.29, 0.717) is 18.1 Å². The number of aryl methyl sites for hydroxylation is 1. The van der Waals surface area contributed by atoms with Crippen LogP contribution in [0, 0.1) is 12.8 Å². The van der Waals surface area contributed by atoms with Gasteiger partial charge in [-0.2, -0.15) is 0 Å². The lowest BCUT2D eigenvalue weighted by molar-refractivity contribution is -0.0594. The first-order chi connectivity index (χ1) is 9.76. The van der Waals surface area contributed by atoms with Crippen LogP contribution >= 0.6 is 11.3 Å². The van der Waals surface area contributed by atoms with Gasteiger partial charge < -0.3 is 9.47 Å². The second kappa shape index (κ2) is 6.52. The highest BCUT2D eigenvalue weighted by Gasteiger charge is 2.41. The van der Waals surface area contributed by atoms with Crippen LogP contribution in [0.2, 0.25) is 0 Å². The van der Waals surface area contributed by atoms with Crippen molar-refractivity contribution >= 4 is 11.3 Å². The minimum absolute atomic E-state index is 0.397. The van der Waals surface area contributed by atoms with E-state index in [1.807, 2.05) is 0 Å². The van der Waals surface area contributed by atoms with Crippen molar-refractivity contribution in [2.75, 3.05) is 26.4 Å². The molecule has 0 radical (unpaired) electrons. The third-order valence-corrected chi connectivity index (χ3v) is 5.16. The summed E-state index contributed by atoms with van der Waals surface area (Å²) in [6.07, 6.45) is 2.75. The number of nitrogens with zero attached hydrogens (tertiary/aromatic N) is 2. The van der Waals surface area contributed by atoms with Crippen molar-refractivity contribution in [1.29, 1.82) is 0 Å². The summed E-state index contributed by atoms with van der Waals surface area (Å²) >= 11 is 1.74. The maximum atomic E-state index is 5.97. The van der Waals surface area contributed by atoms with Gasteiger partial charge in [-0.15, -0.1) is 11.3 Å². The van der Waals surface area contributed by atoms with Gasteiger partial charge in [0.25, 0.3) is 0 Å². The van der Waals surface area contributed by atoms with Crippen molar-refractivity contribution in [1.82, 2.24) is 9.88 Å². The van der Waals surface area contributed by atoms with E-state index in [1.165, 1.54) is 12.1 Å². The molecule has 2 aliphatic rings. The molecular formula is C15H24N2O2S. The molecule has 2 fully saturated rings. The Labute approximate surface area is 125 Å². The first-order valence-electron chi connectivity index (χ1n) is 7.60. The highest BCUT2D eigenvalue weighted by molar-refractivity contribution is 7.09. The molecule has 0 spiro atoms. The zero-order valence-corrected chi connectivity index (χ0v) is 13.2. The van der Waals surface area contributed by atoms with Crippen LogP contribution < -0.4 is 0 Å². The number of rotatable bonds is 5. The SMILES string of the molecule is CCOCC1C[C@@H]2[C@@H](C1)OCCN2Cc1csc(C)n1. The van der Waals surface area contributed by atoms with Gasteiger partial charge in [-0.1, -0.05) is 0 Å². The van der Waals surface area contributed by atoms with E-state index < -0.39 is 0 Å². The lowest BCUT2D eigenvalue weighted by atomic mass is 10.1. The van der Waals surface area contributed by atoms with Gasteiger partial charge in [-0.25, -0.2) is 4.98 Å². The summed E-state index contributed by atoms with van der Waals surface area (Å²) in [6.45, 7) is 8.69. The molecule has 3 atom stereocenters. The summed E-state index contributed by atoms with van der Waals surface area (Å²) in [7, 11) is 0. The molecule has 1 aromatic heterocycles. The fourth-order valence-corrected chi connectivity index (χ4v) is 4.04. The highest BCUT2D eigenvalue weighted by Crippen LogP contribution is 2.35. The minimum atomic E-state index is 0.397. The van der Waals surface area contributed by atoms with Crippen LogP contribution in [0.3, 0.4) is 0 Å². The van der Waals surface area contributed by atoms with Gasteiger partial charge in [0, 0.05) is 37.7 Å². The van der Waals surface area contributed by atoms with Crippen LogP contribution in [0.5, 0.6) is 0 Å². The summed E-state index contributed by atoms with van der Waals surface area (Å²) < 4.78 is 11.6. The molecule has 1 aromatic rings. The smallest absolute Gasteiger partial charge is 0.0897 e. The Balaban J connectivity index is 1.61. The van der Waals surface area contributed by atoms with E-state index in [2.05, 4.69) is 29.1 Å². The number of hydrogen-bond donors (Lipinski definition) is 0. The highest BCUT2D eigenvalue weighted by atomic mass is 32.1. The fraction of sp³-hybridized carbons (Fsp3) is 0.800. The molecule has 1 unspecified atom stereocenters. The quantitative estimate of drug-likeness (QED) is 0.836. The summed E-state index contributed by atoms with van der Waals surface area (Å²) in [5.74, 6) is 0.655. The number of morpholine rings is 1. The number of fused-ring (bicyclic) bond motifs is 1. The predicted octanol–water partition coefficient (Wildman–Crippen LogP) is 2.47. The molecule has 1 saturated carbocycles. The predicted molar refractivity (Wildman–Crippen MR) is 80.0 cm³/mol. The molecule has 4 nitrogen and oxygen atoms in total. The van der Waals surface area contributed by atoms with Crippen molar-refractivity contribution in [2.24, 2.45) is 5.92 Å². The van der Waals surface area contributed by atoms with Crippen LogP contribution in [-0.2, 0) is 16.0 Å². The number of ether oxygens (including phenoxy) is 2. The van der Waals surface area contributed by atoms with E-state index >= 15 is 0 Å². The molecule has 0 bridgehead atoms. The zero-order chi connectivity index (χ0) is 13.9. The molecule has 2 heterocycles. The maximum Gasteiger partial charge on any atom is 0.0897 e. The maximum absolute atomic E-state index is 5.97. The Bertz CT molecular complexity index is 437. The molecule has 1 aliphatic carbocycles. The Morgan fingerprint density at radius 2 is 2.40 bits per heavy atom. The van der Waals surface area contributed by atoms with E-state index in [1.54, 1.807) is 11.3 Å². The van der Waals surface area contributed by atoms with Gasteiger partial charge >= 0.3 is 0 Å². The molecule has 1 saturated heterocycles. The molecular weight excluding hydrogens is 272 g/mol. The summed E-state index contributed by atoms with van der Waals surface area (Å²) in [5.41, 5.74) is 1.21. The molecule has 20 heavy (non-hydrogen) atoms. The Morgan fingerprint density at radius 1 is 1.50 bits per heavy atom. The summed E-state index contributed by atoms with van der Waals surface area (Å²) in [4.78, 5) is 7.16. The topological polar surface area (TPSA) is 34.6 Å². The second-order valence-electron chi connectivity index (χ2n) is 5.80. The molecule has 5 heteroatoms. The van der Waals surface area contributed by atoms with Gasteiger partial charge in [0.2, 0.25) is 0 Å². The minimum Gasteiger partial charge on any atom is -0.381 e. The third-order valence-electron chi connectivity index (χ3n) is 4.34. The van der Waals surface area contributed by atoms with E-state index in [0.717, 1.165) is 44.3 Å². The van der Waals surface area contributed by atoms with Crippen molar-refractivity contribution in [3.63, 3.8) is 0 Å². The number of aromatic nitrogens is 1. The van der Waals surface area contributed by atoms with Crippen molar-refractivity contribution in [2.45, 2.75) is 45.4 Å². The lowest BCUT2D eigenvalue weighted by Gasteiger charge is -2.37. The summed E-state index contributed by atoms with van der Waals surface area (Å²) in [5, 5.41) is 3.34. The van der Waals surface area contributed by atoms with Gasteiger partial charge in [-0.3, -0.25) is 4.90 Å². The van der Waals surface area contributed by atoms with Crippen LogP contribution in [-0.4, -0.2) is 48.4 Å². The van der Waals surface area contributed by atoms with E-state index in [4.69, 9.17) is 9.47 Å². The largest absolute Gasteiger partial charge is 0.381 e. The Morgan fingerprint density at radius 3 is 3.15 bits per heavy atom. The van der Waals surface area contributed by atoms with Crippen LogP contribution in [0.1, 0.15) is 30.5 Å². The van der Waals surface area contributed by atoms with Gasteiger partial charge in [-0.05, 0) is 32.6 Å². The third kappa shape index (κ3) is 3.22. The molecule has 0 N–H and O–H groups in total. The molecule has 1 aliphatic heterocycles. The second-order valence-corrected chi connectivity index (χ2v) is 6.86. The summed E-state index contributed by atoms with van der Waals surface area (Å²) in [6, 6.07) is 0.552. The molecule has 112 valence electrons. The van der Waals surface area contributed by atoms with Gasteiger partial charge in [0.05, 0.1) is 23.4 Å². The van der Waals surface area contributed by atoms with Gasteiger partial charge in [0.15, 0.2) is 0 Å². The van der Waals surface area contributed by atoms with Crippen LogP contribution in [0.15, 0.2) is 5.38 Å². The van der Waals surface area contributed by atoms with Gasteiger partial charge in [0.1, 0.15) is 0 Å². The van der Waals surface area contributed by atoms with Crippen LogP contribution in [0.25, 0.3) is 0 Å². The fourth-order valence-electron chi connectivity index (χ4n) is 3.43. The lowest BCUT2D eigenvalue weighted by Crippen LogP contribution is -2.47. The van der Waals surface area contributed by atoms with E-state index in [-0.39, 0.29) is 0 Å². The van der Waals surface area contributed by atoms with E-state index in [9.17, 15) is 0 Å². The average Bonchev–Trinajstić information content (AvgIpc) is 3.03. The monoisotopic (exact) mass is 296 g/mol. The normalized spacial score (nSPS) is 30.6. The average molecular weight is 296 g/mol. The first-order valence-corrected chi connectivity index (χ1v) is 8.48. The number of hydrogen-bond acceptors (Lipinski definition) is 5. The number of thiazole rings is 1. The molecule has 0 aromatic carbocycles. The van der Waals surface area contributed by atoms with Crippen molar-refractivity contribution in [3.8, 4) is 0 Å².